The molecule has 2 heterocycles. The second kappa shape index (κ2) is 14.7. The summed E-state index contributed by atoms with van der Waals surface area (Å²) in [5, 5.41) is 5.45. The topological polar surface area (TPSA) is 90.7 Å². The maximum Gasteiger partial charge on any atom is 0.359 e. The Labute approximate surface area is 284 Å². The Balaban J connectivity index is 1.46. The van der Waals surface area contributed by atoms with Gasteiger partial charge in [-0.2, -0.15) is 5.10 Å². The standard InChI is InChI=1S/C39H36ClN3O5/c1-3-5-10-35-36(33-20-11-26(25-44)23-34(33)38(45)42-22-21-27-8-6-7-9-28(27)24-42)37(39(46)47-4-2)41-43(35)30-14-18-32(19-15-30)48-31-16-12-29(40)13-17-31/h6-9,11-20,23,25H,3-5,10,21-22,24H2,1-2H3. The Morgan fingerprint density at radius 3 is 2.31 bits per heavy atom. The first-order valence-electron chi connectivity index (χ1n) is 16.2. The Bertz CT molecular complexity index is 1950. The van der Waals surface area contributed by atoms with E-state index >= 15 is 0 Å². The molecule has 1 aliphatic rings. The Morgan fingerprint density at radius 1 is 0.917 bits per heavy atom. The molecule has 1 amide bonds. The van der Waals surface area contributed by atoms with E-state index in [0.29, 0.717) is 64.0 Å². The van der Waals surface area contributed by atoms with Crippen molar-refractivity contribution in [3.05, 3.63) is 130 Å². The van der Waals surface area contributed by atoms with Crippen LogP contribution >= 0.6 is 11.6 Å². The van der Waals surface area contributed by atoms with Crippen LogP contribution in [0.5, 0.6) is 11.5 Å². The number of amides is 1. The quantitative estimate of drug-likeness (QED) is 0.104. The smallest absolute Gasteiger partial charge is 0.359 e. The number of carbonyl (C=O) groups is 3. The number of nitrogens with zero attached hydrogens (tertiary/aromatic N) is 3. The first kappa shape index (κ1) is 32.7. The van der Waals surface area contributed by atoms with E-state index in [1.54, 1.807) is 59.0 Å². The van der Waals surface area contributed by atoms with Gasteiger partial charge in [0.05, 0.1) is 18.0 Å². The van der Waals surface area contributed by atoms with Gasteiger partial charge in [0.1, 0.15) is 17.8 Å². The average Bonchev–Trinajstić information content (AvgIpc) is 3.50. The number of rotatable bonds is 11. The van der Waals surface area contributed by atoms with Crippen LogP contribution in [0.15, 0.2) is 91.0 Å². The third-order valence-electron chi connectivity index (χ3n) is 8.44. The van der Waals surface area contributed by atoms with Crippen molar-refractivity contribution in [3.63, 3.8) is 0 Å². The molecule has 0 radical (unpaired) electrons. The summed E-state index contributed by atoms with van der Waals surface area (Å²) >= 11 is 6.02. The van der Waals surface area contributed by atoms with Crippen LogP contribution in [0.2, 0.25) is 5.02 Å². The van der Waals surface area contributed by atoms with E-state index in [1.165, 1.54) is 5.56 Å². The molecule has 0 saturated carbocycles. The van der Waals surface area contributed by atoms with Crippen LogP contribution in [0.25, 0.3) is 16.8 Å². The van der Waals surface area contributed by atoms with Crippen molar-refractivity contribution in [3.8, 4) is 28.3 Å². The van der Waals surface area contributed by atoms with Gasteiger partial charge in [-0.3, -0.25) is 9.59 Å². The fourth-order valence-electron chi connectivity index (χ4n) is 6.03. The molecule has 0 aliphatic carbocycles. The van der Waals surface area contributed by atoms with Gasteiger partial charge in [0.15, 0.2) is 5.69 Å². The summed E-state index contributed by atoms with van der Waals surface area (Å²) in [5.41, 5.74) is 5.69. The Kier molecular flexibility index (Phi) is 10.0. The summed E-state index contributed by atoms with van der Waals surface area (Å²) in [7, 11) is 0. The van der Waals surface area contributed by atoms with Crippen molar-refractivity contribution in [1.29, 1.82) is 0 Å². The van der Waals surface area contributed by atoms with Gasteiger partial charge in [-0.05, 0) is 97.5 Å². The van der Waals surface area contributed by atoms with E-state index in [2.05, 4.69) is 13.0 Å². The van der Waals surface area contributed by atoms with Crippen molar-refractivity contribution < 1.29 is 23.9 Å². The normalized spacial score (nSPS) is 12.4. The highest BCUT2D eigenvalue weighted by molar-refractivity contribution is 6.30. The van der Waals surface area contributed by atoms with Crippen LogP contribution in [-0.2, 0) is 24.1 Å². The molecule has 0 atom stereocenters. The maximum absolute atomic E-state index is 14.3. The lowest BCUT2D eigenvalue weighted by atomic mass is 9.92. The molecule has 8 nitrogen and oxygen atoms in total. The van der Waals surface area contributed by atoms with Gasteiger partial charge < -0.3 is 14.4 Å². The molecule has 244 valence electrons. The number of esters is 1. The molecule has 0 bridgehead atoms. The Hall–Kier alpha value is -5.21. The second-order valence-electron chi connectivity index (χ2n) is 11.6. The number of aromatic nitrogens is 2. The number of carbonyl (C=O) groups excluding carboxylic acids is 3. The third-order valence-corrected chi connectivity index (χ3v) is 8.70. The summed E-state index contributed by atoms with van der Waals surface area (Å²) in [5.74, 6) is 0.469. The minimum atomic E-state index is -0.587. The molecular weight excluding hydrogens is 626 g/mol. The van der Waals surface area contributed by atoms with E-state index in [1.807, 2.05) is 42.5 Å². The van der Waals surface area contributed by atoms with Crippen molar-refractivity contribution >= 4 is 29.8 Å². The van der Waals surface area contributed by atoms with Crippen LogP contribution < -0.4 is 4.74 Å². The van der Waals surface area contributed by atoms with Crippen molar-refractivity contribution in [2.75, 3.05) is 13.2 Å². The highest BCUT2D eigenvalue weighted by Crippen LogP contribution is 2.36. The van der Waals surface area contributed by atoms with Gasteiger partial charge >= 0.3 is 5.97 Å². The van der Waals surface area contributed by atoms with Crippen LogP contribution in [0.3, 0.4) is 0 Å². The van der Waals surface area contributed by atoms with Gasteiger partial charge in [0, 0.05) is 34.8 Å². The summed E-state index contributed by atoms with van der Waals surface area (Å²) < 4.78 is 13.2. The summed E-state index contributed by atoms with van der Waals surface area (Å²) in [6.07, 6.45) is 3.76. The number of unbranched alkanes of at least 4 members (excludes halogenated alkanes) is 1. The van der Waals surface area contributed by atoms with E-state index in [0.717, 1.165) is 36.8 Å². The minimum Gasteiger partial charge on any atom is -0.461 e. The Morgan fingerprint density at radius 2 is 1.62 bits per heavy atom. The summed E-state index contributed by atoms with van der Waals surface area (Å²) in [6, 6.07) is 27.7. The van der Waals surface area contributed by atoms with Gasteiger partial charge in [-0.15, -0.1) is 0 Å². The molecule has 0 unspecified atom stereocenters. The van der Waals surface area contributed by atoms with Crippen LogP contribution in [0.4, 0.5) is 0 Å². The van der Waals surface area contributed by atoms with Crippen LogP contribution in [0.1, 0.15) is 74.7 Å². The first-order chi connectivity index (χ1) is 23.4. The summed E-state index contributed by atoms with van der Waals surface area (Å²) in [4.78, 5) is 41.6. The largest absolute Gasteiger partial charge is 0.461 e. The molecule has 1 aliphatic heterocycles. The predicted octanol–water partition coefficient (Wildman–Crippen LogP) is 8.52. The van der Waals surface area contributed by atoms with E-state index in [-0.39, 0.29) is 18.2 Å². The molecule has 0 saturated heterocycles. The molecule has 0 N–H and O–H groups in total. The molecule has 5 aromatic rings. The number of hydrogen-bond donors (Lipinski definition) is 0. The fourth-order valence-corrected chi connectivity index (χ4v) is 6.16. The van der Waals surface area contributed by atoms with Crippen molar-refractivity contribution in [2.45, 2.75) is 46.1 Å². The lowest BCUT2D eigenvalue weighted by Gasteiger charge is -2.29. The van der Waals surface area contributed by atoms with Gasteiger partial charge in [0.2, 0.25) is 0 Å². The average molecular weight is 662 g/mol. The van der Waals surface area contributed by atoms with Crippen LogP contribution in [-0.4, -0.2) is 46.0 Å². The lowest BCUT2D eigenvalue weighted by Crippen LogP contribution is -2.36. The first-order valence-corrected chi connectivity index (χ1v) is 16.6. The zero-order chi connectivity index (χ0) is 33.6. The van der Waals surface area contributed by atoms with E-state index in [9.17, 15) is 14.4 Å². The third kappa shape index (κ3) is 6.89. The number of aldehydes is 1. The number of benzene rings is 4. The molecule has 4 aromatic carbocycles. The van der Waals surface area contributed by atoms with Gasteiger partial charge in [-0.1, -0.05) is 61.3 Å². The number of ether oxygens (including phenoxy) is 2. The molecule has 1 aromatic heterocycles. The molecule has 48 heavy (non-hydrogen) atoms. The number of halogens is 1. The molecular formula is C39H36ClN3O5. The summed E-state index contributed by atoms with van der Waals surface area (Å²) in [6.45, 7) is 5.00. The number of hydrogen-bond acceptors (Lipinski definition) is 6. The SMILES string of the molecule is CCCCc1c(-c2ccc(C=O)cc2C(=O)N2CCc3ccccc3C2)c(C(=O)OCC)nn1-c1ccc(Oc2ccc(Cl)cc2)cc1. The lowest BCUT2D eigenvalue weighted by molar-refractivity contribution is 0.0519. The van der Waals surface area contributed by atoms with Crippen molar-refractivity contribution in [1.82, 2.24) is 14.7 Å². The minimum absolute atomic E-state index is 0.112. The second-order valence-corrected chi connectivity index (χ2v) is 12.1. The number of fused-ring (bicyclic) bond motifs is 1. The van der Waals surface area contributed by atoms with E-state index < -0.39 is 5.97 Å². The molecule has 0 fully saturated rings. The van der Waals surface area contributed by atoms with Crippen LogP contribution in [0, 0.1) is 0 Å². The van der Waals surface area contributed by atoms with E-state index in [4.69, 9.17) is 26.2 Å². The highest BCUT2D eigenvalue weighted by Gasteiger charge is 2.31. The van der Waals surface area contributed by atoms with Gasteiger partial charge in [0.25, 0.3) is 5.91 Å². The molecule has 6 rings (SSSR count). The molecule has 0 spiro atoms. The van der Waals surface area contributed by atoms with Gasteiger partial charge in [-0.25, -0.2) is 9.48 Å². The maximum atomic E-state index is 14.3. The van der Waals surface area contributed by atoms with Crippen molar-refractivity contribution in [2.24, 2.45) is 0 Å². The zero-order valence-corrected chi connectivity index (χ0v) is 27.7. The zero-order valence-electron chi connectivity index (χ0n) is 26.9. The predicted molar refractivity (Wildman–Crippen MR) is 185 cm³/mol. The highest BCUT2D eigenvalue weighted by atomic mass is 35.5. The monoisotopic (exact) mass is 661 g/mol. The fraction of sp³-hybridized carbons (Fsp3) is 0.231. The molecule has 9 heteroatoms.